The van der Waals surface area contributed by atoms with Gasteiger partial charge in [0.1, 0.15) is 5.75 Å². The lowest BCUT2D eigenvalue weighted by Gasteiger charge is -2.26. The molecular formula is C15H26N2O3S. The summed E-state index contributed by atoms with van der Waals surface area (Å²) in [5.74, 6) is 0.879. The van der Waals surface area contributed by atoms with Crippen molar-refractivity contribution < 1.29 is 13.2 Å². The van der Waals surface area contributed by atoms with Crippen LogP contribution in [0.3, 0.4) is 0 Å². The van der Waals surface area contributed by atoms with E-state index >= 15 is 0 Å². The van der Waals surface area contributed by atoms with Crippen LogP contribution in [0.25, 0.3) is 0 Å². The lowest BCUT2D eigenvalue weighted by molar-refractivity contribution is 0.414. The summed E-state index contributed by atoms with van der Waals surface area (Å²) in [7, 11) is -1.44. The average molecular weight is 314 g/mol. The minimum Gasteiger partial charge on any atom is -0.495 e. The van der Waals surface area contributed by atoms with E-state index in [1.807, 2.05) is 29.2 Å². The highest BCUT2D eigenvalue weighted by atomic mass is 32.2. The zero-order chi connectivity index (χ0) is 15.9. The fraction of sp³-hybridized carbons (Fsp3) is 0.600. The summed E-state index contributed by atoms with van der Waals surface area (Å²) in [5, 5.41) is -0.355. The van der Waals surface area contributed by atoms with E-state index < -0.39 is 9.84 Å². The molecule has 2 N–H and O–H groups in total. The molecule has 6 heteroatoms. The Labute approximate surface area is 128 Å². The summed E-state index contributed by atoms with van der Waals surface area (Å²) in [6.45, 7) is 5.15. The third-order valence-corrected chi connectivity index (χ3v) is 5.61. The second kappa shape index (κ2) is 8.24. The first-order chi connectivity index (χ1) is 9.92. The summed E-state index contributed by atoms with van der Waals surface area (Å²) < 4.78 is 29.4. The number of hydrogen-bond donors (Lipinski definition) is 1. The molecule has 1 aromatic carbocycles. The molecule has 0 saturated heterocycles. The topological polar surface area (TPSA) is 72.6 Å². The third kappa shape index (κ3) is 5.21. The molecule has 0 aliphatic carbocycles. The summed E-state index contributed by atoms with van der Waals surface area (Å²) in [5.41, 5.74) is 6.49. The maximum Gasteiger partial charge on any atom is 0.154 e. The first kappa shape index (κ1) is 17.8. The predicted octanol–water partition coefficient (Wildman–Crippen LogP) is 1.67. The molecule has 0 aliphatic rings. The molecule has 0 aromatic heterocycles. The van der Waals surface area contributed by atoms with Crippen LogP contribution in [0.2, 0.25) is 0 Å². The van der Waals surface area contributed by atoms with Crippen molar-refractivity contribution in [2.45, 2.75) is 25.5 Å². The van der Waals surface area contributed by atoms with Crippen LogP contribution < -0.4 is 15.4 Å². The molecule has 5 nitrogen and oxygen atoms in total. The number of benzene rings is 1. The van der Waals surface area contributed by atoms with Crippen LogP contribution in [0.15, 0.2) is 24.3 Å². The largest absolute Gasteiger partial charge is 0.495 e. The molecule has 0 unspecified atom stereocenters. The Morgan fingerprint density at radius 3 is 2.48 bits per heavy atom. The van der Waals surface area contributed by atoms with Gasteiger partial charge < -0.3 is 15.4 Å². The van der Waals surface area contributed by atoms with Crippen molar-refractivity contribution in [3.63, 3.8) is 0 Å². The van der Waals surface area contributed by atoms with Crippen molar-refractivity contribution in [3.8, 4) is 5.75 Å². The quantitative estimate of drug-likeness (QED) is 0.750. The minimum absolute atomic E-state index is 0.132. The second-order valence-corrected chi connectivity index (χ2v) is 7.89. The van der Waals surface area contributed by atoms with Gasteiger partial charge in [0.15, 0.2) is 9.84 Å². The number of nitrogens with two attached hydrogens (primary N) is 1. The number of sulfone groups is 1. The van der Waals surface area contributed by atoms with E-state index in [-0.39, 0.29) is 11.0 Å². The predicted molar refractivity (Wildman–Crippen MR) is 87.8 cm³/mol. The summed E-state index contributed by atoms with van der Waals surface area (Å²) >= 11 is 0. The number of anilines is 1. The van der Waals surface area contributed by atoms with Gasteiger partial charge in [0.05, 0.1) is 23.8 Å². The van der Waals surface area contributed by atoms with Gasteiger partial charge in [-0.2, -0.15) is 0 Å². The molecule has 0 bridgehead atoms. The Kier molecular flexibility index (Phi) is 6.98. The first-order valence-electron chi connectivity index (χ1n) is 7.22. The highest BCUT2D eigenvalue weighted by Crippen LogP contribution is 2.27. The van der Waals surface area contributed by atoms with Gasteiger partial charge in [-0.3, -0.25) is 0 Å². The van der Waals surface area contributed by atoms with Crippen LogP contribution in [0.5, 0.6) is 5.75 Å². The van der Waals surface area contributed by atoms with E-state index in [1.54, 1.807) is 21.0 Å². The highest BCUT2D eigenvalue weighted by molar-refractivity contribution is 7.92. The maximum absolute atomic E-state index is 12.0. The van der Waals surface area contributed by atoms with Crippen LogP contribution in [0, 0.1) is 0 Å². The van der Waals surface area contributed by atoms with Crippen molar-refractivity contribution in [1.29, 1.82) is 0 Å². The Morgan fingerprint density at radius 1 is 1.24 bits per heavy atom. The molecule has 1 aromatic rings. The number of nitrogens with zero attached hydrogens (tertiary/aromatic N) is 1. The molecule has 0 aliphatic heterocycles. The highest BCUT2D eigenvalue weighted by Gasteiger charge is 2.19. The van der Waals surface area contributed by atoms with Crippen LogP contribution in [0.4, 0.5) is 5.69 Å². The van der Waals surface area contributed by atoms with Gasteiger partial charge in [0, 0.05) is 13.1 Å². The number of methoxy groups -OCH3 is 1. The smallest absolute Gasteiger partial charge is 0.154 e. The molecular weight excluding hydrogens is 288 g/mol. The molecule has 0 radical (unpaired) electrons. The lowest BCUT2D eigenvalue weighted by Crippen LogP contribution is -2.33. The van der Waals surface area contributed by atoms with Gasteiger partial charge in [-0.15, -0.1) is 0 Å². The van der Waals surface area contributed by atoms with Gasteiger partial charge in [0.25, 0.3) is 0 Å². The second-order valence-electron chi connectivity index (χ2n) is 5.22. The number of para-hydroxylation sites is 2. The average Bonchev–Trinajstić information content (AvgIpc) is 2.47. The van der Waals surface area contributed by atoms with Crippen molar-refractivity contribution >= 4 is 15.5 Å². The maximum atomic E-state index is 12.0. The van der Waals surface area contributed by atoms with Crippen molar-refractivity contribution in [1.82, 2.24) is 0 Å². The summed E-state index contributed by atoms with van der Waals surface area (Å²) in [6, 6.07) is 7.64. The Hall–Kier alpha value is -1.27. The number of hydrogen-bond acceptors (Lipinski definition) is 5. The van der Waals surface area contributed by atoms with E-state index in [2.05, 4.69) is 0 Å². The van der Waals surface area contributed by atoms with Gasteiger partial charge in [-0.25, -0.2) is 8.42 Å². The Morgan fingerprint density at radius 2 is 1.90 bits per heavy atom. The first-order valence-corrected chi connectivity index (χ1v) is 8.93. The van der Waals surface area contributed by atoms with E-state index in [0.29, 0.717) is 19.6 Å². The van der Waals surface area contributed by atoms with Gasteiger partial charge in [0.2, 0.25) is 0 Å². The van der Waals surface area contributed by atoms with Gasteiger partial charge in [-0.1, -0.05) is 12.1 Å². The standard InChI is InChI=1S/C15H26N2O3S/c1-13(2)21(18,19)12-11-17(10-6-9-16)14-7-4-5-8-15(14)20-3/h4-5,7-8,13H,6,9-12,16H2,1-3H3. The van der Waals surface area contributed by atoms with E-state index in [9.17, 15) is 8.42 Å². The molecule has 0 saturated carbocycles. The number of rotatable bonds is 9. The fourth-order valence-electron chi connectivity index (χ4n) is 2.00. The van der Waals surface area contributed by atoms with Crippen LogP contribution in [0.1, 0.15) is 20.3 Å². The monoisotopic (exact) mass is 314 g/mol. The van der Waals surface area contributed by atoms with E-state index in [1.165, 1.54) is 0 Å². The Bertz CT molecular complexity index is 529. The van der Waals surface area contributed by atoms with E-state index in [4.69, 9.17) is 10.5 Å². The summed E-state index contributed by atoms with van der Waals surface area (Å²) in [4.78, 5) is 2.03. The summed E-state index contributed by atoms with van der Waals surface area (Å²) in [6.07, 6.45) is 0.805. The molecule has 0 spiro atoms. The van der Waals surface area contributed by atoms with Crippen molar-refractivity contribution in [2.24, 2.45) is 5.73 Å². The normalized spacial score (nSPS) is 11.7. The van der Waals surface area contributed by atoms with Crippen LogP contribution >= 0.6 is 0 Å². The fourth-order valence-corrected chi connectivity index (χ4v) is 2.95. The molecule has 21 heavy (non-hydrogen) atoms. The van der Waals surface area contributed by atoms with Crippen LogP contribution in [-0.2, 0) is 9.84 Å². The lowest BCUT2D eigenvalue weighted by atomic mass is 10.2. The molecule has 0 fully saturated rings. The molecule has 120 valence electrons. The molecule has 0 atom stereocenters. The Balaban J connectivity index is 2.90. The zero-order valence-electron chi connectivity index (χ0n) is 13.1. The van der Waals surface area contributed by atoms with Crippen molar-refractivity contribution in [2.75, 3.05) is 37.4 Å². The van der Waals surface area contributed by atoms with Crippen LogP contribution in [-0.4, -0.2) is 46.2 Å². The van der Waals surface area contributed by atoms with Gasteiger partial charge in [-0.05, 0) is 38.9 Å². The van der Waals surface area contributed by atoms with Crippen molar-refractivity contribution in [3.05, 3.63) is 24.3 Å². The number of ether oxygens (including phenoxy) is 1. The molecule has 1 rings (SSSR count). The minimum atomic E-state index is -3.06. The molecule has 0 heterocycles. The van der Waals surface area contributed by atoms with E-state index in [0.717, 1.165) is 17.9 Å². The van der Waals surface area contributed by atoms with Gasteiger partial charge >= 0.3 is 0 Å². The zero-order valence-corrected chi connectivity index (χ0v) is 13.9. The SMILES string of the molecule is COc1ccccc1N(CCCN)CCS(=O)(=O)C(C)C. The third-order valence-electron chi connectivity index (χ3n) is 3.42. The molecule has 0 amide bonds.